The molecule has 0 spiro atoms. The van der Waals surface area contributed by atoms with Crippen molar-refractivity contribution >= 4 is 32.5 Å². The molecular weight excluding hydrogens is 447 g/mol. The molecule has 7 heteroatoms. The summed E-state index contributed by atoms with van der Waals surface area (Å²) >= 11 is 1.63. The fourth-order valence-corrected chi connectivity index (χ4v) is 6.01. The normalized spacial score (nSPS) is 15.6. The number of hydrogen-bond donors (Lipinski definition) is 1. The van der Waals surface area contributed by atoms with Crippen LogP contribution in [0, 0.1) is 5.82 Å². The summed E-state index contributed by atoms with van der Waals surface area (Å²) in [6.07, 6.45) is 6.19. The van der Waals surface area contributed by atoms with Crippen molar-refractivity contribution in [2.75, 3.05) is 0 Å². The lowest BCUT2D eigenvalue weighted by Gasteiger charge is -2.23. The van der Waals surface area contributed by atoms with Crippen LogP contribution in [-0.4, -0.2) is 20.6 Å². The van der Waals surface area contributed by atoms with Crippen molar-refractivity contribution < 1.29 is 4.39 Å². The average Bonchev–Trinajstić information content (AvgIpc) is 3.24. The van der Waals surface area contributed by atoms with Crippen LogP contribution in [0.25, 0.3) is 21.1 Å². The van der Waals surface area contributed by atoms with E-state index in [4.69, 9.17) is 0 Å². The van der Waals surface area contributed by atoms with Gasteiger partial charge in [0.25, 0.3) is 5.56 Å². The number of fused-ring (bicyclic) bond motifs is 4. The number of nitrogens with one attached hydrogen (secondary N) is 1. The summed E-state index contributed by atoms with van der Waals surface area (Å²) in [6.45, 7) is 1.15. The summed E-state index contributed by atoms with van der Waals surface area (Å²) in [7, 11) is 0. The summed E-state index contributed by atoms with van der Waals surface area (Å²) in [4.78, 5) is 24.6. The van der Waals surface area contributed by atoms with Gasteiger partial charge >= 0.3 is 0 Å². The van der Waals surface area contributed by atoms with Gasteiger partial charge in [0, 0.05) is 29.0 Å². The Kier molecular flexibility index (Phi) is 5.43. The van der Waals surface area contributed by atoms with Gasteiger partial charge < -0.3 is 5.32 Å². The van der Waals surface area contributed by atoms with Crippen LogP contribution < -0.4 is 10.9 Å². The molecule has 1 atom stereocenters. The van der Waals surface area contributed by atoms with Gasteiger partial charge in [-0.25, -0.2) is 9.37 Å². The maximum absolute atomic E-state index is 13.4. The lowest BCUT2D eigenvalue weighted by Crippen LogP contribution is -2.33. The summed E-state index contributed by atoms with van der Waals surface area (Å²) in [5.41, 5.74) is 4.17. The van der Waals surface area contributed by atoms with Gasteiger partial charge in [-0.1, -0.05) is 30.3 Å². The Morgan fingerprint density at radius 2 is 1.94 bits per heavy atom. The molecule has 1 N–H and O–H groups in total. The van der Waals surface area contributed by atoms with E-state index >= 15 is 0 Å². The van der Waals surface area contributed by atoms with E-state index in [-0.39, 0.29) is 11.4 Å². The first kappa shape index (κ1) is 21.1. The second-order valence-electron chi connectivity index (χ2n) is 8.84. The predicted octanol–water partition coefficient (Wildman–Crippen LogP) is 4.84. The third-order valence-corrected chi connectivity index (χ3v) is 7.71. The van der Waals surface area contributed by atoms with Crippen LogP contribution >= 0.6 is 11.3 Å². The largest absolute Gasteiger partial charge is 0.310 e. The maximum Gasteiger partial charge on any atom is 0.262 e. The Balaban J connectivity index is 1.23. The van der Waals surface area contributed by atoms with Gasteiger partial charge in [-0.15, -0.1) is 11.3 Å². The van der Waals surface area contributed by atoms with Crippen molar-refractivity contribution in [3.05, 3.63) is 105 Å². The van der Waals surface area contributed by atoms with Crippen molar-refractivity contribution in [3.8, 4) is 0 Å². The highest BCUT2D eigenvalue weighted by atomic mass is 32.1. The molecule has 0 unspecified atom stereocenters. The van der Waals surface area contributed by atoms with Crippen molar-refractivity contribution in [2.24, 2.45) is 0 Å². The summed E-state index contributed by atoms with van der Waals surface area (Å²) in [5, 5.41) is 5.42. The number of rotatable bonds is 5. The number of aryl methyl sites for hydroxylation is 1. The highest BCUT2D eigenvalue weighted by Gasteiger charge is 2.25. The van der Waals surface area contributed by atoms with Crippen LogP contribution in [0.2, 0.25) is 0 Å². The standard InChI is InChI=1S/C27H23FN4OS/c28-20-7-5-17(6-8-20)13-29-21-9-10-22-24(12-21)34-26-25(22)27(33)32(16-31-26)15-18-11-19-3-1-2-4-23(19)30-14-18/h1-8,11,14,16,21,29H,9-10,12-13,15H2/t21-/m1/s1. The third-order valence-electron chi connectivity index (χ3n) is 6.54. The van der Waals surface area contributed by atoms with Crippen LogP contribution in [0.1, 0.15) is 28.0 Å². The first-order valence-corrected chi connectivity index (χ1v) is 12.3. The van der Waals surface area contributed by atoms with Gasteiger partial charge in [0.2, 0.25) is 0 Å². The number of para-hydroxylation sites is 1. The molecule has 6 rings (SSSR count). The molecule has 1 aliphatic rings. The first-order chi connectivity index (χ1) is 16.6. The van der Waals surface area contributed by atoms with Gasteiger partial charge in [-0.3, -0.25) is 14.3 Å². The molecule has 0 bridgehead atoms. The molecule has 170 valence electrons. The molecule has 1 aliphatic carbocycles. The topological polar surface area (TPSA) is 59.8 Å². The molecule has 0 fully saturated rings. The molecular formula is C27H23FN4OS. The van der Waals surface area contributed by atoms with Crippen LogP contribution in [0.15, 0.2) is 71.9 Å². The Morgan fingerprint density at radius 1 is 1.09 bits per heavy atom. The zero-order valence-corrected chi connectivity index (χ0v) is 19.3. The molecule has 5 nitrogen and oxygen atoms in total. The van der Waals surface area contributed by atoms with Crippen LogP contribution in [0.3, 0.4) is 0 Å². The number of aromatic nitrogens is 3. The maximum atomic E-state index is 13.4. The van der Waals surface area contributed by atoms with Crippen molar-refractivity contribution in [1.29, 1.82) is 0 Å². The minimum Gasteiger partial charge on any atom is -0.310 e. The van der Waals surface area contributed by atoms with Gasteiger partial charge in [0.05, 0.1) is 23.8 Å². The third kappa shape index (κ3) is 4.02. The van der Waals surface area contributed by atoms with E-state index in [0.717, 1.165) is 57.1 Å². The zero-order valence-electron chi connectivity index (χ0n) is 18.5. The van der Waals surface area contributed by atoms with E-state index in [1.807, 2.05) is 42.6 Å². The van der Waals surface area contributed by atoms with Crippen LogP contribution in [0.4, 0.5) is 4.39 Å². The number of benzene rings is 2. The predicted molar refractivity (Wildman–Crippen MR) is 134 cm³/mol. The Bertz CT molecular complexity index is 1560. The fraction of sp³-hybridized carbons (Fsp3) is 0.222. The van der Waals surface area contributed by atoms with Crippen LogP contribution in [-0.2, 0) is 25.9 Å². The van der Waals surface area contributed by atoms with Gasteiger partial charge in [0.15, 0.2) is 0 Å². The van der Waals surface area contributed by atoms with Crippen LogP contribution in [0.5, 0.6) is 0 Å². The van der Waals surface area contributed by atoms with Crippen molar-refractivity contribution in [3.63, 3.8) is 0 Å². The molecule has 3 heterocycles. The number of pyridine rings is 1. The summed E-state index contributed by atoms with van der Waals surface area (Å²) < 4.78 is 14.8. The average molecular weight is 471 g/mol. The number of nitrogens with zero attached hydrogens (tertiary/aromatic N) is 3. The smallest absolute Gasteiger partial charge is 0.262 e. The van der Waals surface area contributed by atoms with E-state index in [0.29, 0.717) is 19.1 Å². The van der Waals surface area contributed by atoms with Crippen molar-refractivity contribution in [1.82, 2.24) is 19.9 Å². The molecule has 0 amide bonds. The number of halogens is 1. The van der Waals surface area contributed by atoms with Gasteiger partial charge in [-0.05, 0) is 60.2 Å². The molecule has 34 heavy (non-hydrogen) atoms. The minimum atomic E-state index is -0.216. The molecule has 3 aromatic heterocycles. The monoisotopic (exact) mass is 470 g/mol. The molecule has 5 aromatic rings. The second-order valence-corrected chi connectivity index (χ2v) is 9.93. The fourth-order valence-electron chi connectivity index (χ4n) is 4.75. The number of hydrogen-bond acceptors (Lipinski definition) is 5. The first-order valence-electron chi connectivity index (χ1n) is 11.5. The highest BCUT2D eigenvalue weighted by molar-refractivity contribution is 7.18. The molecule has 0 aliphatic heterocycles. The van der Waals surface area contributed by atoms with Gasteiger partial charge in [0.1, 0.15) is 10.6 Å². The number of thiophene rings is 1. The molecule has 0 saturated heterocycles. The molecule has 0 saturated carbocycles. The highest BCUT2D eigenvalue weighted by Crippen LogP contribution is 2.33. The van der Waals surface area contributed by atoms with E-state index in [2.05, 4.69) is 21.4 Å². The van der Waals surface area contributed by atoms with Crippen molar-refractivity contribution in [2.45, 2.75) is 38.4 Å². The quantitative estimate of drug-likeness (QED) is 0.399. The Labute approximate surface area is 199 Å². The minimum absolute atomic E-state index is 0.0216. The van der Waals surface area contributed by atoms with E-state index in [1.54, 1.807) is 22.2 Å². The van der Waals surface area contributed by atoms with E-state index in [9.17, 15) is 9.18 Å². The zero-order chi connectivity index (χ0) is 23.1. The Morgan fingerprint density at radius 3 is 2.82 bits per heavy atom. The van der Waals surface area contributed by atoms with E-state index in [1.165, 1.54) is 17.0 Å². The second kappa shape index (κ2) is 8.74. The SMILES string of the molecule is O=c1c2c3c(sc2ncn1Cc1cnc2ccccc2c1)C[C@H](NCc1ccc(F)cc1)CC3. The molecule has 2 aromatic carbocycles. The van der Waals surface area contributed by atoms with E-state index < -0.39 is 0 Å². The molecule has 0 radical (unpaired) electrons. The lowest BCUT2D eigenvalue weighted by molar-refractivity contribution is 0.462. The Hall–Kier alpha value is -3.42. The lowest BCUT2D eigenvalue weighted by atomic mass is 9.93. The van der Waals surface area contributed by atoms with Gasteiger partial charge in [-0.2, -0.15) is 0 Å². The summed E-state index contributed by atoms with van der Waals surface area (Å²) in [6, 6.07) is 17.0. The summed E-state index contributed by atoms with van der Waals surface area (Å²) in [5.74, 6) is -0.216.